The molecule has 0 rings (SSSR count). The van der Waals surface area contributed by atoms with Gasteiger partial charge in [-0.2, -0.15) is 0 Å². The molecule has 3 heteroatoms. The van der Waals surface area contributed by atoms with Crippen molar-refractivity contribution in [1.29, 1.82) is 0 Å². The Labute approximate surface area is 60.9 Å². The Morgan fingerprint density at radius 2 is 2.40 bits per heavy atom. The van der Waals surface area contributed by atoms with Crippen LogP contribution in [0.2, 0.25) is 0 Å². The maximum absolute atomic E-state index is 10.4. The van der Waals surface area contributed by atoms with Gasteiger partial charge in [-0.15, -0.1) is 6.58 Å². The molecule has 2 N–H and O–H groups in total. The molecule has 3 nitrogen and oxygen atoms in total. The second-order valence-electron chi connectivity index (χ2n) is 1.86. The maximum Gasteiger partial charge on any atom is 0.319 e. The van der Waals surface area contributed by atoms with Gasteiger partial charge in [0, 0.05) is 0 Å². The van der Waals surface area contributed by atoms with Crippen LogP contribution >= 0.6 is 0 Å². The molecule has 0 fully saturated rings. The predicted octanol–water partition coefficient (Wildman–Crippen LogP) is 0.455. The molecule has 0 spiro atoms. The summed E-state index contributed by atoms with van der Waals surface area (Å²) in [5.41, 5.74) is 4.99. The maximum atomic E-state index is 10.4. The molecular weight excluding hydrogens is 130 g/mol. The van der Waals surface area contributed by atoms with Gasteiger partial charge in [-0.1, -0.05) is 6.08 Å². The van der Waals surface area contributed by atoms with Crippen LogP contribution in [0.1, 0.15) is 12.8 Å². The molecule has 0 aliphatic heterocycles. The number of hydrogen-bond acceptors (Lipinski definition) is 3. The smallest absolute Gasteiger partial charge is 0.319 e. The summed E-state index contributed by atoms with van der Waals surface area (Å²) in [5, 5.41) is 0. The largest absolute Gasteiger partial charge is 0.465 e. The lowest BCUT2D eigenvalue weighted by atomic mass is 10.3. The van der Waals surface area contributed by atoms with Gasteiger partial charge >= 0.3 is 5.97 Å². The number of carbonyl (C=O) groups excluding carboxylic acids is 1. The van der Waals surface area contributed by atoms with Crippen LogP contribution in [0, 0.1) is 0 Å². The van der Waals surface area contributed by atoms with Crippen molar-refractivity contribution in [2.75, 3.05) is 13.2 Å². The van der Waals surface area contributed by atoms with Gasteiger partial charge in [0.2, 0.25) is 0 Å². The molecule has 58 valence electrons. The summed E-state index contributed by atoms with van der Waals surface area (Å²) in [4.78, 5) is 10.4. The van der Waals surface area contributed by atoms with Crippen molar-refractivity contribution in [3.8, 4) is 0 Å². The Kier molecular flexibility index (Phi) is 5.77. The first-order valence-electron chi connectivity index (χ1n) is 3.28. The molecule has 0 bridgehead atoms. The number of ether oxygens (including phenoxy) is 1. The molecule has 0 aromatic carbocycles. The summed E-state index contributed by atoms with van der Waals surface area (Å²) in [6.07, 6.45) is 3.49. The van der Waals surface area contributed by atoms with Gasteiger partial charge in [0.25, 0.3) is 0 Å². The van der Waals surface area contributed by atoms with Crippen molar-refractivity contribution < 1.29 is 9.53 Å². The lowest BCUT2D eigenvalue weighted by Gasteiger charge is -1.99. The fourth-order valence-electron chi connectivity index (χ4n) is 0.473. The number of unbranched alkanes of at least 4 members (excludes halogenated alkanes) is 1. The fraction of sp³-hybridized carbons (Fsp3) is 0.571. The zero-order chi connectivity index (χ0) is 7.82. The van der Waals surface area contributed by atoms with Crippen molar-refractivity contribution in [3.05, 3.63) is 12.7 Å². The van der Waals surface area contributed by atoms with Gasteiger partial charge < -0.3 is 10.5 Å². The van der Waals surface area contributed by atoms with E-state index in [-0.39, 0.29) is 12.5 Å². The highest BCUT2D eigenvalue weighted by molar-refractivity contribution is 5.71. The fourth-order valence-corrected chi connectivity index (χ4v) is 0.473. The average molecular weight is 143 g/mol. The topological polar surface area (TPSA) is 52.3 Å². The van der Waals surface area contributed by atoms with E-state index >= 15 is 0 Å². The van der Waals surface area contributed by atoms with E-state index in [0.29, 0.717) is 6.61 Å². The molecule has 10 heavy (non-hydrogen) atoms. The third-order valence-electron chi connectivity index (χ3n) is 0.982. The van der Waals surface area contributed by atoms with Gasteiger partial charge in [0.05, 0.1) is 13.2 Å². The van der Waals surface area contributed by atoms with E-state index in [0.717, 1.165) is 12.8 Å². The Hall–Kier alpha value is -0.830. The van der Waals surface area contributed by atoms with Crippen molar-refractivity contribution in [2.24, 2.45) is 5.73 Å². The van der Waals surface area contributed by atoms with Crippen molar-refractivity contribution in [2.45, 2.75) is 12.8 Å². The minimum Gasteiger partial charge on any atom is -0.465 e. The van der Waals surface area contributed by atoms with Crippen LogP contribution in [0.4, 0.5) is 0 Å². The molecule has 0 aliphatic rings. The molecule has 0 heterocycles. The molecule has 0 aliphatic carbocycles. The molecule has 0 saturated heterocycles. The van der Waals surface area contributed by atoms with Crippen molar-refractivity contribution in [3.63, 3.8) is 0 Å². The minimum atomic E-state index is -0.343. The first-order chi connectivity index (χ1) is 4.81. The number of rotatable bonds is 5. The van der Waals surface area contributed by atoms with Crippen LogP contribution in [0.5, 0.6) is 0 Å². The summed E-state index contributed by atoms with van der Waals surface area (Å²) in [6, 6.07) is 0. The molecule has 0 aromatic heterocycles. The Morgan fingerprint density at radius 3 is 2.90 bits per heavy atom. The zero-order valence-electron chi connectivity index (χ0n) is 6.01. The van der Waals surface area contributed by atoms with Crippen LogP contribution in [-0.2, 0) is 9.53 Å². The van der Waals surface area contributed by atoms with Gasteiger partial charge in [0.1, 0.15) is 0 Å². The molecular formula is C7H13NO2. The number of allylic oxidation sites excluding steroid dienone is 1. The molecule has 0 radical (unpaired) electrons. The summed E-state index contributed by atoms with van der Waals surface area (Å²) < 4.78 is 4.68. The first-order valence-corrected chi connectivity index (χ1v) is 3.28. The number of nitrogens with two attached hydrogens (primary N) is 1. The second kappa shape index (κ2) is 6.29. The molecule has 0 amide bonds. The number of carbonyl (C=O) groups is 1. The lowest BCUT2D eigenvalue weighted by molar-refractivity contribution is -0.141. The minimum absolute atomic E-state index is 0.0336. The van der Waals surface area contributed by atoms with Crippen LogP contribution in [0.3, 0.4) is 0 Å². The van der Waals surface area contributed by atoms with Crippen LogP contribution < -0.4 is 5.73 Å². The number of hydrogen-bond donors (Lipinski definition) is 1. The number of esters is 1. The van der Waals surface area contributed by atoms with Crippen LogP contribution in [0.15, 0.2) is 12.7 Å². The average Bonchev–Trinajstić information content (AvgIpc) is 1.98. The summed E-state index contributed by atoms with van der Waals surface area (Å²) in [6.45, 7) is 3.95. The first kappa shape index (κ1) is 9.17. The van der Waals surface area contributed by atoms with Gasteiger partial charge in [-0.25, -0.2) is 0 Å². The molecule has 0 saturated carbocycles. The Morgan fingerprint density at radius 1 is 1.70 bits per heavy atom. The summed E-state index contributed by atoms with van der Waals surface area (Å²) in [5.74, 6) is -0.343. The molecule has 0 atom stereocenters. The summed E-state index contributed by atoms with van der Waals surface area (Å²) >= 11 is 0. The lowest BCUT2D eigenvalue weighted by Crippen LogP contribution is -2.17. The predicted molar refractivity (Wildman–Crippen MR) is 39.4 cm³/mol. The summed E-state index contributed by atoms with van der Waals surface area (Å²) in [7, 11) is 0. The Bertz CT molecular complexity index is 112. The SMILES string of the molecule is C=CCCCOC(=O)CN. The second-order valence-corrected chi connectivity index (χ2v) is 1.86. The third kappa shape index (κ3) is 5.31. The Balaban J connectivity index is 3.03. The van der Waals surface area contributed by atoms with E-state index in [4.69, 9.17) is 5.73 Å². The van der Waals surface area contributed by atoms with E-state index < -0.39 is 0 Å². The molecule has 0 aromatic rings. The van der Waals surface area contributed by atoms with Gasteiger partial charge in [-0.3, -0.25) is 4.79 Å². The highest BCUT2D eigenvalue weighted by atomic mass is 16.5. The van der Waals surface area contributed by atoms with E-state index in [1.165, 1.54) is 0 Å². The van der Waals surface area contributed by atoms with E-state index in [1.807, 2.05) is 0 Å². The van der Waals surface area contributed by atoms with Gasteiger partial charge in [-0.05, 0) is 12.8 Å². The van der Waals surface area contributed by atoms with E-state index in [1.54, 1.807) is 6.08 Å². The van der Waals surface area contributed by atoms with E-state index in [9.17, 15) is 4.79 Å². The normalized spacial score (nSPS) is 8.90. The van der Waals surface area contributed by atoms with E-state index in [2.05, 4.69) is 11.3 Å². The molecule has 0 unspecified atom stereocenters. The third-order valence-corrected chi connectivity index (χ3v) is 0.982. The van der Waals surface area contributed by atoms with Gasteiger partial charge in [0.15, 0.2) is 0 Å². The van der Waals surface area contributed by atoms with Crippen molar-refractivity contribution in [1.82, 2.24) is 0 Å². The monoisotopic (exact) mass is 143 g/mol. The zero-order valence-corrected chi connectivity index (χ0v) is 6.01. The highest BCUT2D eigenvalue weighted by Gasteiger charge is 1.95. The quantitative estimate of drug-likeness (QED) is 0.345. The standard InChI is InChI=1S/C7H13NO2/c1-2-3-4-5-10-7(9)6-8/h2H,1,3-6,8H2. The van der Waals surface area contributed by atoms with Crippen molar-refractivity contribution >= 4 is 5.97 Å². The van der Waals surface area contributed by atoms with Crippen LogP contribution in [0.25, 0.3) is 0 Å². The van der Waals surface area contributed by atoms with Crippen LogP contribution in [-0.4, -0.2) is 19.1 Å². The highest BCUT2D eigenvalue weighted by Crippen LogP contribution is 1.89.